The molecule has 132 valence electrons. The molecule has 0 fully saturated rings. The number of anilines is 1. The highest BCUT2D eigenvalue weighted by Gasteiger charge is 2.10. The molecular weight excluding hydrogens is 416 g/mol. The quantitative estimate of drug-likeness (QED) is 0.570. The highest BCUT2D eigenvalue weighted by atomic mass is 79.9. The first-order valence-electron chi connectivity index (χ1n) is 7.76. The van der Waals surface area contributed by atoms with Gasteiger partial charge in [0.25, 0.3) is 5.91 Å². The molecule has 1 aromatic heterocycles. The summed E-state index contributed by atoms with van der Waals surface area (Å²) >= 11 is 4.78. The maximum absolute atomic E-state index is 12.1. The first-order valence-corrected chi connectivity index (χ1v) is 9.43. The molecule has 0 aliphatic rings. The normalized spacial score (nSPS) is 10.4. The predicted octanol–water partition coefficient (Wildman–Crippen LogP) is 4.79. The van der Waals surface area contributed by atoms with Gasteiger partial charge in [0.05, 0.1) is 5.69 Å². The summed E-state index contributed by atoms with van der Waals surface area (Å²) in [6.07, 6.45) is 0. The Hall–Kier alpha value is -2.51. The average molecular weight is 431 g/mol. The Morgan fingerprint density at radius 1 is 1.19 bits per heavy atom. The number of amides is 1. The van der Waals surface area contributed by atoms with Crippen LogP contribution >= 0.6 is 27.3 Å². The Labute approximate surface area is 163 Å². The van der Waals surface area contributed by atoms with Crippen molar-refractivity contribution < 1.29 is 14.3 Å². The third kappa shape index (κ3) is 4.77. The minimum atomic E-state index is -0.312. The number of hydrogen-bond donors (Lipinski definition) is 1. The van der Waals surface area contributed by atoms with Crippen molar-refractivity contribution in [1.29, 1.82) is 0 Å². The number of Topliss-reactive ketones (excluding diaryl/α,β-unsaturated/α-hetero) is 1. The van der Waals surface area contributed by atoms with Gasteiger partial charge in [-0.25, -0.2) is 4.98 Å². The third-order valence-corrected chi connectivity index (χ3v) is 4.73. The van der Waals surface area contributed by atoms with Gasteiger partial charge >= 0.3 is 0 Å². The van der Waals surface area contributed by atoms with Gasteiger partial charge in [0.15, 0.2) is 17.5 Å². The van der Waals surface area contributed by atoms with Gasteiger partial charge in [-0.2, -0.15) is 0 Å². The van der Waals surface area contributed by atoms with E-state index >= 15 is 0 Å². The molecule has 0 unspecified atom stereocenters. The number of carbonyl (C=O) groups excluding carboxylic acids is 2. The molecule has 0 aliphatic carbocycles. The monoisotopic (exact) mass is 430 g/mol. The van der Waals surface area contributed by atoms with Crippen molar-refractivity contribution in [1.82, 2.24) is 4.98 Å². The van der Waals surface area contributed by atoms with Crippen LogP contribution in [0, 0.1) is 0 Å². The summed E-state index contributed by atoms with van der Waals surface area (Å²) in [5.41, 5.74) is 2.30. The maximum Gasteiger partial charge on any atom is 0.264 e. The predicted molar refractivity (Wildman–Crippen MR) is 106 cm³/mol. The van der Waals surface area contributed by atoms with E-state index < -0.39 is 0 Å². The van der Waals surface area contributed by atoms with Gasteiger partial charge in [-0.3, -0.25) is 14.9 Å². The first-order chi connectivity index (χ1) is 12.5. The number of carbonyl (C=O) groups is 2. The second-order valence-corrected chi connectivity index (χ2v) is 7.24. The topological polar surface area (TPSA) is 68.3 Å². The van der Waals surface area contributed by atoms with Crippen LogP contribution in [-0.2, 0) is 4.79 Å². The Bertz CT molecular complexity index is 955. The number of thiazole rings is 1. The highest BCUT2D eigenvalue weighted by Crippen LogP contribution is 2.26. The van der Waals surface area contributed by atoms with Crippen molar-refractivity contribution in [3.63, 3.8) is 0 Å². The molecule has 1 heterocycles. The molecule has 0 bridgehead atoms. The summed E-state index contributed by atoms with van der Waals surface area (Å²) < 4.78 is 6.41. The molecule has 0 saturated carbocycles. The van der Waals surface area contributed by atoms with Gasteiger partial charge in [0.2, 0.25) is 0 Å². The van der Waals surface area contributed by atoms with Crippen LogP contribution in [0.15, 0.2) is 58.4 Å². The minimum absolute atomic E-state index is 0.0530. The van der Waals surface area contributed by atoms with E-state index in [1.54, 1.807) is 24.3 Å². The lowest BCUT2D eigenvalue weighted by Crippen LogP contribution is -2.20. The van der Waals surface area contributed by atoms with Crippen LogP contribution in [0.5, 0.6) is 5.75 Å². The van der Waals surface area contributed by atoms with Crippen LogP contribution < -0.4 is 10.1 Å². The molecule has 0 spiro atoms. The van der Waals surface area contributed by atoms with Crippen LogP contribution in [0.25, 0.3) is 11.3 Å². The van der Waals surface area contributed by atoms with Gasteiger partial charge in [-0.05, 0) is 31.2 Å². The van der Waals surface area contributed by atoms with E-state index in [0.717, 1.165) is 15.7 Å². The maximum atomic E-state index is 12.1. The molecule has 26 heavy (non-hydrogen) atoms. The van der Waals surface area contributed by atoms with E-state index in [1.165, 1.54) is 18.3 Å². The van der Waals surface area contributed by atoms with Crippen LogP contribution in [0.4, 0.5) is 5.13 Å². The SMILES string of the molecule is CC(=O)c1cccc(OCC(=O)Nc2nc(-c3cccc(Br)c3)cs2)c1. The van der Waals surface area contributed by atoms with E-state index in [1.807, 2.05) is 29.6 Å². The standard InChI is InChI=1S/C19H15BrN2O3S/c1-12(23)13-4-3-7-16(9-13)25-10-18(24)22-19-21-17(11-26-19)14-5-2-6-15(20)8-14/h2-9,11H,10H2,1H3,(H,21,22,24). The second kappa shape index (κ2) is 8.25. The average Bonchev–Trinajstić information content (AvgIpc) is 3.09. The van der Waals surface area contributed by atoms with Gasteiger partial charge < -0.3 is 4.74 Å². The highest BCUT2D eigenvalue weighted by molar-refractivity contribution is 9.10. The lowest BCUT2D eigenvalue weighted by atomic mass is 10.1. The fourth-order valence-electron chi connectivity index (χ4n) is 2.22. The Morgan fingerprint density at radius 2 is 2.00 bits per heavy atom. The number of benzene rings is 2. The molecule has 1 N–H and O–H groups in total. The number of halogens is 1. The fraction of sp³-hybridized carbons (Fsp3) is 0.105. The number of ketones is 1. The Morgan fingerprint density at radius 3 is 2.77 bits per heavy atom. The lowest BCUT2D eigenvalue weighted by molar-refractivity contribution is -0.118. The molecule has 0 atom stereocenters. The smallest absolute Gasteiger partial charge is 0.264 e. The number of nitrogens with one attached hydrogen (secondary N) is 1. The Balaban J connectivity index is 1.59. The summed E-state index contributed by atoms with van der Waals surface area (Å²) in [4.78, 5) is 27.9. The van der Waals surface area contributed by atoms with Crippen molar-refractivity contribution in [2.45, 2.75) is 6.92 Å². The van der Waals surface area contributed by atoms with Crippen molar-refractivity contribution in [3.05, 3.63) is 63.9 Å². The van der Waals surface area contributed by atoms with E-state index in [2.05, 4.69) is 26.2 Å². The largest absolute Gasteiger partial charge is 0.484 e. The molecular formula is C19H15BrN2O3S. The lowest BCUT2D eigenvalue weighted by Gasteiger charge is -2.06. The van der Waals surface area contributed by atoms with Gasteiger partial charge in [-0.1, -0.05) is 40.2 Å². The molecule has 7 heteroatoms. The zero-order valence-corrected chi connectivity index (χ0v) is 16.3. The Kier molecular flexibility index (Phi) is 5.80. The molecule has 1 amide bonds. The number of nitrogens with zero attached hydrogens (tertiary/aromatic N) is 1. The zero-order valence-electron chi connectivity index (χ0n) is 13.9. The molecule has 0 saturated heterocycles. The number of rotatable bonds is 6. The molecule has 0 radical (unpaired) electrons. The van der Waals surface area contributed by atoms with Crippen molar-refractivity contribution >= 4 is 44.1 Å². The second-order valence-electron chi connectivity index (χ2n) is 5.47. The molecule has 3 rings (SSSR count). The summed E-state index contributed by atoms with van der Waals surface area (Å²) in [6.45, 7) is 1.32. The third-order valence-electron chi connectivity index (χ3n) is 3.48. The number of ether oxygens (including phenoxy) is 1. The molecule has 5 nitrogen and oxygen atoms in total. The summed E-state index contributed by atoms with van der Waals surface area (Å²) in [7, 11) is 0. The number of aromatic nitrogens is 1. The van der Waals surface area contributed by atoms with Gasteiger partial charge in [-0.15, -0.1) is 11.3 Å². The van der Waals surface area contributed by atoms with Gasteiger partial charge in [0.1, 0.15) is 5.75 Å². The molecule has 0 aliphatic heterocycles. The first kappa shape index (κ1) is 18.3. The summed E-state index contributed by atoms with van der Waals surface area (Å²) in [5.74, 6) is 0.109. The van der Waals surface area contributed by atoms with E-state index in [9.17, 15) is 9.59 Å². The van der Waals surface area contributed by atoms with E-state index in [4.69, 9.17) is 4.74 Å². The van der Waals surface area contributed by atoms with Crippen LogP contribution in [0.2, 0.25) is 0 Å². The van der Waals surface area contributed by atoms with E-state index in [0.29, 0.717) is 16.4 Å². The molecule has 2 aromatic carbocycles. The fourth-order valence-corrected chi connectivity index (χ4v) is 3.36. The van der Waals surface area contributed by atoms with Crippen molar-refractivity contribution in [2.24, 2.45) is 0 Å². The number of hydrogen-bond acceptors (Lipinski definition) is 5. The van der Waals surface area contributed by atoms with Crippen LogP contribution in [0.1, 0.15) is 17.3 Å². The van der Waals surface area contributed by atoms with Crippen molar-refractivity contribution in [2.75, 3.05) is 11.9 Å². The van der Waals surface area contributed by atoms with Crippen LogP contribution in [0.3, 0.4) is 0 Å². The summed E-state index contributed by atoms with van der Waals surface area (Å²) in [5, 5.41) is 5.11. The zero-order chi connectivity index (χ0) is 18.5. The van der Waals surface area contributed by atoms with Gasteiger partial charge in [0, 0.05) is 21.0 Å². The minimum Gasteiger partial charge on any atom is -0.484 e. The van der Waals surface area contributed by atoms with Crippen LogP contribution in [-0.4, -0.2) is 23.3 Å². The van der Waals surface area contributed by atoms with Crippen molar-refractivity contribution in [3.8, 4) is 17.0 Å². The summed E-state index contributed by atoms with van der Waals surface area (Å²) in [6, 6.07) is 14.5. The van der Waals surface area contributed by atoms with E-state index in [-0.39, 0.29) is 18.3 Å². The molecule has 3 aromatic rings.